The second kappa shape index (κ2) is 10.4. The van der Waals surface area contributed by atoms with E-state index < -0.39 is 23.6 Å². The first-order valence-electron chi connectivity index (χ1n) is 12.4. The monoisotopic (exact) mass is 492 g/mol. The van der Waals surface area contributed by atoms with E-state index in [1.807, 2.05) is 45.0 Å². The van der Waals surface area contributed by atoms with Gasteiger partial charge in [0.25, 0.3) is 0 Å². The summed E-state index contributed by atoms with van der Waals surface area (Å²) in [4.78, 5) is 38.9. The highest BCUT2D eigenvalue weighted by Gasteiger charge is 2.63. The molecule has 3 amide bonds. The van der Waals surface area contributed by atoms with Crippen LogP contribution in [-0.2, 0) is 16.0 Å². The van der Waals surface area contributed by atoms with E-state index in [0.717, 1.165) is 23.0 Å². The van der Waals surface area contributed by atoms with Crippen molar-refractivity contribution in [3.8, 4) is 5.75 Å². The Hall–Kier alpha value is -3.81. The number of carbonyl (C=O) groups is 3. The third kappa shape index (κ3) is 4.67. The Morgan fingerprint density at radius 3 is 2.47 bits per heavy atom. The van der Waals surface area contributed by atoms with Gasteiger partial charge in [0.2, 0.25) is 5.91 Å². The summed E-state index contributed by atoms with van der Waals surface area (Å²) in [6.07, 6.45) is 3.40. The first-order valence-corrected chi connectivity index (χ1v) is 12.4. The molecule has 36 heavy (non-hydrogen) atoms. The van der Waals surface area contributed by atoms with E-state index in [9.17, 15) is 14.4 Å². The number of carbonyl (C=O) groups excluding carboxylic acids is 2. The van der Waals surface area contributed by atoms with Crippen LogP contribution in [0.25, 0.3) is 11.0 Å². The zero-order valence-electron chi connectivity index (χ0n) is 20.8. The number of urea groups is 1. The summed E-state index contributed by atoms with van der Waals surface area (Å²) in [6, 6.07) is 13.6. The topological polar surface area (TPSA) is 109 Å². The van der Waals surface area contributed by atoms with E-state index in [1.165, 1.54) is 4.90 Å². The smallest absolute Gasteiger partial charge is 0.327 e. The van der Waals surface area contributed by atoms with Crippen LogP contribution in [0.15, 0.2) is 59.2 Å². The number of hydrogen-bond acceptors (Lipinski definition) is 5. The van der Waals surface area contributed by atoms with E-state index in [4.69, 9.17) is 14.3 Å². The van der Waals surface area contributed by atoms with Crippen molar-refractivity contribution in [2.45, 2.75) is 65.1 Å². The largest absolute Gasteiger partial charge is 0.481 e. The lowest BCUT2D eigenvalue weighted by atomic mass is 9.72. The molecule has 1 saturated heterocycles. The van der Waals surface area contributed by atoms with Crippen LogP contribution in [0, 0.1) is 5.41 Å². The number of nitrogens with zero attached hydrogens (tertiary/aromatic N) is 1. The number of furan rings is 1. The number of nitrogens with one attached hydrogen (secondary N) is 1. The van der Waals surface area contributed by atoms with Gasteiger partial charge in [-0.1, -0.05) is 45.4 Å². The molecule has 190 valence electrons. The van der Waals surface area contributed by atoms with Gasteiger partial charge in [-0.25, -0.2) is 9.69 Å². The minimum absolute atomic E-state index is 0.0893. The van der Waals surface area contributed by atoms with Crippen molar-refractivity contribution in [1.29, 1.82) is 0 Å². The standard InChI is InChI=1S/C28H32N2O6/c1-4-7-22(19-10-13-23-20(17-19)14-15-35-23)29-27(34)30-25(33)28(5-2,6-3)26(30)36-21-11-8-18(9-12-21)16-24(31)32/h8-15,17,22,26H,4-7,16H2,1-3H3,(H,29,34)(H,31,32)/t22?,26-/m0/s1. The Morgan fingerprint density at radius 1 is 1.11 bits per heavy atom. The normalized spacial score (nSPS) is 17.5. The molecule has 2 aromatic carbocycles. The molecule has 2 atom stereocenters. The molecular weight excluding hydrogens is 460 g/mol. The Morgan fingerprint density at radius 2 is 1.83 bits per heavy atom. The van der Waals surface area contributed by atoms with E-state index in [-0.39, 0.29) is 18.4 Å². The van der Waals surface area contributed by atoms with Crippen molar-refractivity contribution < 1.29 is 28.6 Å². The number of amides is 3. The Balaban J connectivity index is 1.55. The average Bonchev–Trinajstić information content (AvgIpc) is 3.33. The third-order valence-corrected chi connectivity index (χ3v) is 7.11. The lowest BCUT2D eigenvalue weighted by Crippen LogP contribution is -2.73. The van der Waals surface area contributed by atoms with Crippen LogP contribution in [0.3, 0.4) is 0 Å². The number of fused-ring (bicyclic) bond motifs is 1. The minimum Gasteiger partial charge on any atom is -0.481 e. The van der Waals surface area contributed by atoms with E-state index in [1.54, 1.807) is 30.5 Å². The molecule has 0 spiro atoms. The van der Waals surface area contributed by atoms with Gasteiger partial charge in [-0.05, 0) is 60.7 Å². The second-order valence-corrected chi connectivity index (χ2v) is 9.23. The fourth-order valence-corrected chi connectivity index (χ4v) is 4.92. The predicted molar refractivity (Wildman–Crippen MR) is 134 cm³/mol. The molecule has 3 aromatic rings. The maximum Gasteiger partial charge on any atom is 0.327 e. The van der Waals surface area contributed by atoms with Gasteiger partial charge in [-0.2, -0.15) is 0 Å². The molecule has 1 aliphatic rings. The zero-order chi connectivity index (χ0) is 25.9. The molecule has 1 fully saturated rings. The molecule has 0 saturated carbocycles. The summed E-state index contributed by atoms with van der Waals surface area (Å²) in [7, 11) is 0. The number of likely N-dealkylation sites (tertiary alicyclic amines) is 1. The van der Waals surface area contributed by atoms with Gasteiger partial charge < -0.3 is 19.6 Å². The Labute approximate surface area is 210 Å². The molecular formula is C28H32N2O6. The van der Waals surface area contributed by atoms with Crippen molar-refractivity contribution >= 4 is 28.9 Å². The molecule has 2 heterocycles. The minimum atomic E-state index is -0.916. The van der Waals surface area contributed by atoms with Gasteiger partial charge in [0.1, 0.15) is 16.7 Å². The molecule has 1 aliphatic heterocycles. The molecule has 8 heteroatoms. The van der Waals surface area contributed by atoms with Gasteiger partial charge in [-0.15, -0.1) is 0 Å². The van der Waals surface area contributed by atoms with Crippen LogP contribution in [0.1, 0.15) is 63.6 Å². The number of carboxylic acid groups (broad SMARTS) is 1. The molecule has 1 unspecified atom stereocenters. The summed E-state index contributed by atoms with van der Waals surface area (Å²) in [5.74, 6) is -0.695. The predicted octanol–water partition coefficient (Wildman–Crippen LogP) is 5.66. The SMILES string of the molecule is CCCC(NC(=O)N1C(=O)C(CC)(CC)[C@@H]1Oc1ccc(CC(=O)O)cc1)c1ccc2occc2c1. The van der Waals surface area contributed by atoms with Gasteiger partial charge >= 0.3 is 12.0 Å². The van der Waals surface area contributed by atoms with Crippen molar-refractivity contribution in [1.82, 2.24) is 10.2 Å². The molecule has 2 N–H and O–H groups in total. The van der Waals surface area contributed by atoms with Crippen LogP contribution in [0.5, 0.6) is 5.75 Å². The summed E-state index contributed by atoms with van der Waals surface area (Å²) in [6.45, 7) is 5.88. The number of benzene rings is 2. The molecule has 0 bridgehead atoms. The van der Waals surface area contributed by atoms with Gasteiger partial charge in [0.15, 0.2) is 6.23 Å². The quantitative estimate of drug-likeness (QED) is 0.353. The van der Waals surface area contributed by atoms with Crippen molar-refractivity contribution in [3.05, 3.63) is 65.9 Å². The highest BCUT2D eigenvalue weighted by atomic mass is 16.5. The van der Waals surface area contributed by atoms with Crippen LogP contribution in [0.4, 0.5) is 4.79 Å². The van der Waals surface area contributed by atoms with Gasteiger partial charge in [-0.3, -0.25) is 9.59 Å². The van der Waals surface area contributed by atoms with Crippen molar-refractivity contribution in [2.75, 3.05) is 0 Å². The van der Waals surface area contributed by atoms with Gasteiger partial charge in [0, 0.05) is 5.39 Å². The van der Waals surface area contributed by atoms with Crippen molar-refractivity contribution in [3.63, 3.8) is 0 Å². The maximum atomic E-state index is 13.4. The van der Waals surface area contributed by atoms with E-state index >= 15 is 0 Å². The molecule has 0 aliphatic carbocycles. The summed E-state index contributed by atoms with van der Waals surface area (Å²) >= 11 is 0. The number of ether oxygens (including phenoxy) is 1. The molecule has 8 nitrogen and oxygen atoms in total. The zero-order valence-corrected chi connectivity index (χ0v) is 20.8. The number of imide groups is 1. The fourth-order valence-electron chi connectivity index (χ4n) is 4.92. The van der Waals surface area contributed by atoms with Crippen LogP contribution in [0.2, 0.25) is 0 Å². The van der Waals surface area contributed by atoms with Crippen molar-refractivity contribution in [2.24, 2.45) is 5.41 Å². The van der Waals surface area contributed by atoms with Crippen LogP contribution in [-0.4, -0.2) is 34.1 Å². The average molecular weight is 493 g/mol. The third-order valence-electron chi connectivity index (χ3n) is 7.11. The molecule has 0 radical (unpaired) electrons. The van der Waals surface area contributed by atoms with Crippen LogP contribution >= 0.6 is 0 Å². The summed E-state index contributed by atoms with van der Waals surface area (Å²) in [5, 5.41) is 13.0. The number of aliphatic carboxylic acids is 1. The first-order chi connectivity index (χ1) is 17.3. The lowest BCUT2D eigenvalue weighted by molar-refractivity contribution is -0.191. The van der Waals surface area contributed by atoms with Gasteiger partial charge in [0.05, 0.1) is 18.7 Å². The molecule has 1 aromatic heterocycles. The molecule has 4 rings (SSSR count). The highest BCUT2D eigenvalue weighted by Crippen LogP contribution is 2.46. The first kappa shape index (κ1) is 25.3. The Bertz CT molecular complexity index is 1240. The Kier molecular flexibility index (Phi) is 7.33. The van der Waals surface area contributed by atoms with Crippen LogP contribution < -0.4 is 10.1 Å². The summed E-state index contributed by atoms with van der Waals surface area (Å²) in [5.41, 5.74) is 1.56. The number of rotatable bonds is 10. The maximum absolute atomic E-state index is 13.4. The number of carboxylic acids is 1. The highest BCUT2D eigenvalue weighted by molar-refractivity contribution is 6.03. The van der Waals surface area contributed by atoms with E-state index in [2.05, 4.69) is 5.32 Å². The summed E-state index contributed by atoms with van der Waals surface area (Å²) < 4.78 is 11.6. The number of β-lactam (4-membered cyclic amide) rings is 1. The van der Waals surface area contributed by atoms with E-state index in [0.29, 0.717) is 30.6 Å². The lowest BCUT2D eigenvalue weighted by Gasteiger charge is -2.53. The second-order valence-electron chi connectivity index (χ2n) is 9.23. The fraction of sp³-hybridized carbons (Fsp3) is 0.393. The number of hydrogen-bond donors (Lipinski definition) is 2.